The molecule has 1 aromatic carbocycles. The van der Waals surface area contributed by atoms with E-state index in [1.807, 2.05) is 0 Å². The number of hydrogen-bond donors (Lipinski definition) is 1. The number of aliphatic hydroxyl groups is 1. The molecule has 0 atom stereocenters. The van der Waals surface area contributed by atoms with Gasteiger partial charge >= 0.3 is 0 Å². The molecule has 0 amide bonds. The van der Waals surface area contributed by atoms with E-state index in [0.29, 0.717) is 16.6 Å². The molecule has 0 aliphatic carbocycles. The van der Waals surface area contributed by atoms with Crippen LogP contribution in [0.3, 0.4) is 0 Å². The van der Waals surface area contributed by atoms with Crippen LogP contribution in [0.2, 0.25) is 0 Å². The Balaban J connectivity index is 2.99. The summed E-state index contributed by atoms with van der Waals surface area (Å²) in [4.78, 5) is -0.0788. The Hall–Kier alpha value is -0.760. The van der Waals surface area contributed by atoms with Gasteiger partial charge < -0.3 is 5.11 Å². The molecular weight excluding hydrogens is 312 g/mol. The van der Waals surface area contributed by atoms with E-state index in [1.54, 1.807) is 12.1 Å². The second kappa shape index (κ2) is 7.87. The fraction of sp³-hybridized carbons (Fsp3) is 0.500. The zero-order valence-corrected chi connectivity index (χ0v) is 12.2. The third-order valence-corrected chi connectivity index (χ3v) is 4.70. The van der Waals surface area contributed by atoms with Gasteiger partial charge in [0.25, 0.3) is 6.43 Å². The zero-order valence-electron chi connectivity index (χ0n) is 10.7. The summed E-state index contributed by atoms with van der Waals surface area (Å²) in [5, 5.41) is 8.81. The number of aliphatic hydroxyl groups excluding tert-OH is 1. The van der Waals surface area contributed by atoms with Crippen molar-refractivity contribution in [2.24, 2.45) is 0 Å². The van der Waals surface area contributed by atoms with E-state index >= 15 is 0 Å². The van der Waals surface area contributed by atoms with Crippen LogP contribution in [-0.4, -0.2) is 49.8 Å². The topological polar surface area (TPSA) is 57.6 Å². The lowest BCUT2D eigenvalue weighted by molar-refractivity contribution is 0.113. The van der Waals surface area contributed by atoms with Crippen LogP contribution in [0.15, 0.2) is 29.2 Å². The van der Waals surface area contributed by atoms with Crippen LogP contribution < -0.4 is 0 Å². The first kappa shape index (κ1) is 17.3. The molecule has 0 heterocycles. The molecule has 20 heavy (non-hydrogen) atoms. The van der Waals surface area contributed by atoms with Gasteiger partial charge in [0.1, 0.15) is 0 Å². The Bertz CT molecular complexity index is 508. The molecule has 0 aromatic heterocycles. The third-order valence-electron chi connectivity index (χ3n) is 2.64. The van der Waals surface area contributed by atoms with Crippen LogP contribution >= 0.6 is 11.6 Å². The molecule has 0 bridgehead atoms. The SMILES string of the molecule is O=S(=O)(c1ccc(CCCl)cc1)N(CCO)CC(F)F. The van der Waals surface area contributed by atoms with Gasteiger partial charge in [0.15, 0.2) is 0 Å². The molecule has 1 rings (SSSR count). The standard InChI is InChI=1S/C12H16ClF2NO3S/c13-6-5-10-1-3-11(4-2-10)20(18,19)16(7-8-17)9-12(14)15/h1-4,12,17H,5-9H2. The van der Waals surface area contributed by atoms with Gasteiger partial charge in [-0.2, -0.15) is 4.31 Å². The average molecular weight is 328 g/mol. The molecule has 0 radical (unpaired) electrons. The summed E-state index contributed by atoms with van der Waals surface area (Å²) >= 11 is 5.58. The summed E-state index contributed by atoms with van der Waals surface area (Å²) in [5.74, 6) is 0.411. The molecule has 0 fully saturated rings. The van der Waals surface area contributed by atoms with Crippen molar-refractivity contribution in [2.75, 3.05) is 25.6 Å². The van der Waals surface area contributed by atoms with Crippen molar-refractivity contribution >= 4 is 21.6 Å². The van der Waals surface area contributed by atoms with Crippen molar-refractivity contribution in [3.05, 3.63) is 29.8 Å². The van der Waals surface area contributed by atoms with Crippen molar-refractivity contribution < 1.29 is 22.3 Å². The second-order valence-corrected chi connectivity index (χ2v) is 6.38. The lowest BCUT2D eigenvalue weighted by Crippen LogP contribution is -2.37. The van der Waals surface area contributed by atoms with Crippen LogP contribution in [0, 0.1) is 0 Å². The molecule has 4 nitrogen and oxygen atoms in total. The first-order valence-electron chi connectivity index (χ1n) is 5.96. The van der Waals surface area contributed by atoms with E-state index in [0.717, 1.165) is 5.56 Å². The predicted octanol–water partition coefficient (Wildman–Crippen LogP) is 1.72. The van der Waals surface area contributed by atoms with Crippen LogP contribution in [0.1, 0.15) is 5.56 Å². The molecule has 114 valence electrons. The maximum Gasteiger partial charge on any atom is 0.252 e. The fourth-order valence-electron chi connectivity index (χ4n) is 1.66. The van der Waals surface area contributed by atoms with Gasteiger partial charge in [-0.3, -0.25) is 0 Å². The van der Waals surface area contributed by atoms with E-state index in [-0.39, 0.29) is 11.4 Å². The lowest BCUT2D eigenvalue weighted by Gasteiger charge is -2.20. The maximum atomic E-state index is 12.4. The van der Waals surface area contributed by atoms with Gasteiger partial charge in [-0.1, -0.05) is 12.1 Å². The van der Waals surface area contributed by atoms with Crippen molar-refractivity contribution in [1.82, 2.24) is 4.31 Å². The van der Waals surface area contributed by atoms with Crippen LogP contribution in [0.25, 0.3) is 0 Å². The summed E-state index contributed by atoms with van der Waals surface area (Å²) in [6.07, 6.45) is -2.20. The number of sulfonamides is 1. The Morgan fingerprint density at radius 2 is 1.85 bits per heavy atom. The molecule has 0 aliphatic heterocycles. The van der Waals surface area contributed by atoms with Crippen molar-refractivity contribution in [1.29, 1.82) is 0 Å². The molecule has 1 N–H and O–H groups in total. The highest BCUT2D eigenvalue weighted by molar-refractivity contribution is 7.89. The largest absolute Gasteiger partial charge is 0.395 e. The third kappa shape index (κ3) is 4.66. The quantitative estimate of drug-likeness (QED) is 0.740. The Morgan fingerprint density at radius 1 is 1.25 bits per heavy atom. The van der Waals surface area contributed by atoms with Gasteiger partial charge in [-0.15, -0.1) is 11.6 Å². The molecule has 0 aliphatic rings. The van der Waals surface area contributed by atoms with Crippen molar-refractivity contribution in [2.45, 2.75) is 17.7 Å². The van der Waals surface area contributed by atoms with Crippen molar-refractivity contribution in [3.63, 3.8) is 0 Å². The molecule has 0 saturated heterocycles. The van der Waals surface area contributed by atoms with E-state index in [2.05, 4.69) is 0 Å². The monoisotopic (exact) mass is 327 g/mol. The highest BCUT2D eigenvalue weighted by atomic mass is 35.5. The highest BCUT2D eigenvalue weighted by Crippen LogP contribution is 2.18. The molecule has 1 aromatic rings. The Morgan fingerprint density at radius 3 is 2.30 bits per heavy atom. The number of hydrogen-bond acceptors (Lipinski definition) is 3. The van der Waals surface area contributed by atoms with Gasteiger partial charge in [-0.25, -0.2) is 17.2 Å². The van der Waals surface area contributed by atoms with E-state index in [9.17, 15) is 17.2 Å². The predicted molar refractivity (Wildman–Crippen MR) is 72.7 cm³/mol. The summed E-state index contributed by atoms with van der Waals surface area (Å²) in [5.41, 5.74) is 0.863. The summed E-state index contributed by atoms with van der Waals surface area (Å²) in [6.45, 7) is -1.82. The van der Waals surface area contributed by atoms with E-state index in [4.69, 9.17) is 16.7 Å². The molecule has 8 heteroatoms. The Labute approximate surface area is 122 Å². The maximum absolute atomic E-state index is 12.4. The average Bonchev–Trinajstić information content (AvgIpc) is 2.39. The normalized spacial score (nSPS) is 12.3. The van der Waals surface area contributed by atoms with Crippen molar-refractivity contribution in [3.8, 4) is 0 Å². The first-order valence-corrected chi connectivity index (χ1v) is 7.93. The molecule has 0 unspecified atom stereocenters. The lowest BCUT2D eigenvalue weighted by atomic mass is 10.2. The molecule has 0 saturated carbocycles. The fourth-order valence-corrected chi connectivity index (χ4v) is 3.29. The van der Waals surface area contributed by atoms with Gasteiger partial charge in [0.05, 0.1) is 18.0 Å². The minimum absolute atomic E-state index is 0.0788. The Kier molecular flexibility index (Phi) is 6.81. The van der Waals surface area contributed by atoms with Crippen LogP contribution in [-0.2, 0) is 16.4 Å². The van der Waals surface area contributed by atoms with E-state index < -0.39 is 29.6 Å². The molecule has 0 spiro atoms. The van der Waals surface area contributed by atoms with Gasteiger partial charge in [0, 0.05) is 12.4 Å². The number of benzene rings is 1. The number of halogens is 3. The first-order chi connectivity index (χ1) is 9.41. The zero-order chi connectivity index (χ0) is 15.2. The second-order valence-electron chi connectivity index (χ2n) is 4.06. The number of rotatable bonds is 8. The van der Waals surface area contributed by atoms with Crippen LogP contribution in [0.5, 0.6) is 0 Å². The minimum Gasteiger partial charge on any atom is -0.395 e. The smallest absolute Gasteiger partial charge is 0.252 e. The molecular formula is C12H16ClF2NO3S. The summed E-state index contributed by atoms with van der Waals surface area (Å²) in [7, 11) is -4.03. The van der Waals surface area contributed by atoms with Gasteiger partial charge in [0.2, 0.25) is 10.0 Å². The highest BCUT2D eigenvalue weighted by Gasteiger charge is 2.26. The van der Waals surface area contributed by atoms with E-state index in [1.165, 1.54) is 12.1 Å². The number of alkyl halides is 3. The number of nitrogens with zero attached hydrogens (tertiary/aromatic N) is 1. The number of aryl methyl sites for hydroxylation is 1. The summed E-state index contributed by atoms with van der Waals surface area (Å²) in [6, 6.07) is 5.89. The summed E-state index contributed by atoms with van der Waals surface area (Å²) < 4.78 is 49.8. The minimum atomic E-state index is -4.03. The van der Waals surface area contributed by atoms with Gasteiger partial charge in [-0.05, 0) is 24.1 Å². The van der Waals surface area contributed by atoms with Crippen LogP contribution in [0.4, 0.5) is 8.78 Å².